The van der Waals surface area contributed by atoms with Crippen LogP contribution in [0.1, 0.15) is 61.4 Å². The minimum atomic E-state index is -0.0588. The zero-order chi connectivity index (χ0) is 20.2. The quantitative estimate of drug-likeness (QED) is 0.298. The van der Waals surface area contributed by atoms with Crippen molar-refractivity contribution in [2.45, 2.75) is 52.4 Å². The largest absolute Gasteiger partial charge is 0.396 e. The normalized spacial score (nSPS) is 16.5. The predicted octanol–water partition coefficient (Wildman–Crippen LogP) is 2.61. The number of carbonyl (C=O) groups is 1. The van der Waals surface area contributed by atoms with Gasteiger partial charge in [-0.2, -0.15) is 0 Å². The van der Waals surface area contributed by atoms with Crippen molar-refractivity contribution >= 4 is 11.9 Å². The number of hydrogen-bond acceptors (Lipinski definition) is 3. The zero-order valence-electron chi connectivity index (χ0n) is 17.4. The third-order valence-corrected chi connectivity index (χ3v) is 5.46. The van der Waals surface area contributed by atoms with Crippen LogP contribution in [0.15, 0.2) is 29.3 Å². The molecule has 0 bridgehead atoms. The van der Waals surface area contributed by atoms with Gasteiger partial charge in [-0.05, 0) is 50.7 Å². The molecule has 0 heterocycles. The molecule has 1 aliphatic carbocycles. The highest BCUT2D eigenvalue weighted by Crippen LogP contribution is 2.39. The number of benzene rings is 1. The molecule has 1 amide bonds. The Bertz CT molecular complexity index is 634. The standard InChI is InChI=1S/C22H36N4O2/c1-3-23-21(26-17-22(12-15-27)10-5-4-6-11-22)25-14-13-24-20(28)19-9-7-8-18(2)16-19/h7-9,16,27H,3-6,10-15,17H2,1-2H3,(H,24,28)(H2,23,25,26). The third kappa shape index (κ3) is 7.15. The van der Waals surface area contributed by atoms with Crippen LogP contribution in [0.25, 0.3) is 0 Å². The fraction of sp³-hybridized carbons (Fsp3) is 0.636. The van der Waals surface area contributed by atoms with Crippen molar-refractivity contribution in [3.05, 3.63) is 35.4 Å². The van der Waals surface area contributed by atoms with Gasteiger partial charge in [0.05, 0.1) is 0 Å². The molecule has 0 saturated heterocycles. The summed E-state index contributed by atoms with van der Waals surface area (Å²) in [6.07, 6.45) is 6.85. The summed E-state index contributed by atoms with van der Waals surface area (Å²) in [6.45, 7) is 6.90. The average molecular weight is 389 g/mol. The van der Waals surface area contributed by atoms with E-state index in [2.05, 4.69) is 16.0 Å². The summed E-state index contributed by atoms with van der Waals surface area (Å²) in [4.78, 5) is 17.0. The maximum absolute atomic E-state index is 12.2. The van der Waals surface area contributed by atoms with E-state index in [9.17, 15) is 9.90 Å². The van der Waals surface area contributed by atoms with E-state index in [1.807, 2.05) is 38.1 Å². The molecule has 0 atom stereocenters. The molecule has 6 heteroatoms. The van der Waals surface area contributed by atoms with Gasteiger partial charge in [0.1, 0.15) is 0 Å². The molecule has 1 saturated carbocycles. The maximum Gasteiger partial charge on any atom is 0.251 e. The van der Waals surface area contributed by atoms with Crippen LogP contribution in [0.4, 0.5) is 0 Å². The second kappa shape index (κ2) is 11.7. The van der Waals surface area contributed by atoms with Crippen molar-refractivity contribution < 1.29 is 9.90 Å². The number of nitrogens with one attached hydrogen (secondary N) is 3. The molecule has 28 heavy (non-hydrogen) atoms. The molecule has 1 aromatic carbocycles. The Morgan fingerprint density at radius 3 is 2.57 bits per heavy atom. The van der Waals surface area contributed by atoms with Gasteiger partial charge in [-0.3, -0.25) is 9.79 Å². The van der Waals surface area contributed by atoms with E-state index in [1.54, 1.807) is 0 Å². The molecule has 1 aliphatic rings. The molecule has 1 aromatic rings. The Labute approximate surface area is 169 Å². The Hall–Kier alpha value is -2.08. The molecular weight excluding hydrogens is 352 g/mol. The lowest BCUT2D eigenvalue weighted by Crippen LogP contribution is -2.42. The SMILES string of the molecule is CCNC(=NCC1(CCO)CCCCC1)NCCNC(=O)c1cccc(C)c1. The molecule has 0 spiro atoms. The number of nitrogens with zero attached hydrogens (tertiary/aromatic N) is 1. The van der Waals surface area contributed by atoms with E-state index in [-0.39, 0.29) is 17.9 Å². The molecular formula is C22H36N4O2. The van der Waals surface area contributed by atoms with E-state index >= 15 is 0 Å². The van der Waals surface area contributed by atoms with Gasteiger partial charge in [0, 0.05) is 38.3 Å². The van der Waals surface area contributed by atoms with Gasteiger partial charge in [0.15, 0.2) is 5.96 Å². The van der Waals surface area contributed by atoms with Gasteiger partial charge in [-0.15, -0.1) is 0 Å². The average Bonchev–Trinajstić information content (AvgIpc) is 2.70. The van der Waals surface area contributed by atoms with Gasteiger partial charge in [-0.25, -0.2) is 0 Å². The highest BCUT2D eigenvalue weighted by Gasteiger charge is 2.31. The Balaban J connectivity index is 1.82. The number of hydrogen-bond donors (Lipinski definition) is 4. The lowest BCUT2D eigenvalue weighted by molar-refractivity contribution is 0.0954. The number of aliphatic imine (C=N–C) groups is 1. The first kappa shape index (κ1) is 22.2. The number of rotatable bonds is 9. The molecule has 6 nitrogen and oxygen atoms in total. The van der Waals surface area contributed by atoms with Gasteiger partial charge in [0.2, 0.25) is 0 Å². The van der Waals surface area contributed by atoms with Crippen molar-refractivity contribution in [2.24, 2.45) is 10.4 Å². The second-order valence-corrected chi connectivity index (χ2v) is 7.78. The van der Waals surface area contributed by atoms with E-state index in [1.165, 1.54) is 19.3 Å². The zero-order valence-corrected chi connectivity index (χ0v) is 17.4. The smallest absolute Gasteiger partial charge is 0.251 e. The number of aryl methyl sites for hydroxylation is 1. The van der Waals surface area contributed by atoms with Crippen LogP contribution in [0.3, 0.4) is 0 Å². The number of carbonyl (C=O) groups excluding carboxylic acids is 1. The van der Waals surface area contributed by atoms with Crippen LogP contribution in [-0.4, -0.2) is 49.8 Å². The minimum absolute atomic E-state index is 0.0588. The Morgan fingerprint density at radius 2 is 1.89 bits per heavy atom. The van der Waals surface area contributed by atoms with Crippen LogP contribution < -0.4 is 16.0 Å². The second-order valence-electron chi connectivity index (χ2n) is 7.78. The van der Waals surface area contributed by atoms with Gasteiger partial charge < -0.3 is 21.1 Å². The van der Waals surface area contributed by atoms with Crippen LogP contribution in [0.5, 0.6) is 0 Å². The molecule has 0 unspecified atom stereocenters. The van der Waals surface area contributed by atoms with Gasteiger partial charge in [0.25, 0.3) is 5.91 Å². The van der Waals surface area contributed by atoms with E-state index in [4.69, 9.17) is 4.99 Å². The topological polar surface area (TPSA) is 85.8 Å². The lowest BCUT2D eigenvalue weighted by Gasteiger charge is -2.35. The highest BCUT2D eigenvalue weighted by molar-refractivity contribution is 5.94. The summed E-state index contributed by atoms with van der Waals surface area (Å²) in [7, 11) is 0. The molecule has 2 rings (SSSR count). The van der Waals surface area contributed by atoms with Gasteiger partial charge >= 0.3 is 0 Å². The molecule has 0 aromatic heterocycles. The molecule has 156 valence electrons. The molecule has 0 radical (unpaired) electrons. The fourth-order valence-corrected chi connectivity index (χ4v) is 3.86. The van der Waals surface area contributed by atoms with Crippen molar-refractivity contribution in [2.75, 3.05) is 32.8 Å². The van der Waals surface area contributed by atoms with E-state index in [0.717, 1.165) is 43.9 Å². The monoisotopic (exact) mass is 388 g/mol. The number of aliphatic hydroxyl groups is 1. The molecule has 0 aliphatic heterocycles. The summed E-state index contributed by atoms with van der Waals surface area (Å²) in [5.74, 6) is 0.715. The van der Waals surface area contributed by atoms with Crippen molar-refractivity contribution in [1.82, 2.24) is 16.0 Å². The first-order valence-electron chi connectivity index (χ1n) is 10.6. The summed E-state index contributed by atoms with van der Waals surface area (Å²) in [6, 6.07) is 7.59. The van der Waals surface area contributed by atoms with Crippen molar-refractivity contribution in [3.63, 3.8) is 0 Å². The van der Waals surface area contributed by atoms with Crippen LogP contribution in [-0.2, 0) is 0 Å². The summed E-state index contributed by atoms with van der Waals surface area (Å²) >= 11 is 0. The Morgan fingerprint density at radius 1 is 1.14 bits per heavy atom. The summed E-state index contributed by atoms with van der Waals surface area (Å²) in [5, 5.41) is 19.0. The van der Waals surface area contributed by atoms with Crippen LogP contribution in [0.2, 0.25) is 0 Å². The maximum atomic E-state index is 12.2. The van der Waals surface area contributed by atoms with Crippen molar-refractivity contribution in [1.29, 1.82) is 0 Å². The summed E-state index contributed by atoms with van der Waals surface area (Å²) in [5.41, 5.74) is 1.89. The number of amides is 1. The number of aliphatic hydroxyl groups excluding tert-OH is 1. The first-order valence-corrected chi connectivity index (χ1v) is 10.6. The Kier molecular flexibility index (Phi) is 9.28. The predicted molar refractivity (Wildman–Crippen MR) is 115 cm³/mol. The molecule has 4 N–H and O–H groups in total. The van der Waals surface area contributed by atoms with Crippen LogP contribution >= 0.6 is 0 Å². The fourth-order valence-electron chi connectivity index (χ4n) is 3.86. The first-order chi connectivity index (χ1) is 13.6. The lowest BCUT2D eigenvalue weighted by atomic mass is 9.72. The van der Waals surface area contributed by atoms with E-state index < -0.39 is 0 Å². The van der Waals surface area contributed by atoms with Crippen molar-refractivity contribution in [3.8, 4) is 0 Å². The van der Waals surface area contributed by atoms with E-state index in [0.29, 0.717) is 18.7 Å². The van der Waals surface area contributed by atoms with Gasteiger partial charge in [-0.1, -0.05) is 37.0 Å². The van der Waals surface area contributed by atoms with Crippen LogP contribution in [0, 0.1) is 12.3 Å². The minimum Gasteiger partial charge on any atom is -0.396 e. The number of guanidine groups is 1. The summed E-state index contributed by atoms with van der Waals surface area (Å²) < 4.78 is 0. The third-order valence-electron chi connectivity index (χ3n) is 5.46. The molecule has 1 fully saturated rings. The highest BCUT2D eigenvalue weighted by atomic mass is 16.3.